The van der Waals surface area contributed by atoms with E-state index in [4.69, 9.17) is 10.2 Å². The summed E-state index contributed by atoms with van der Waals surface area (Å²) in [6.07, 6.45) is 2.56. The van der Waals surface area contributed by atoms with Crippen molar-refractivity contribution in [3.63, 3.8) is 0 Å². The number of benzene rings is 1. The average Bonchev–Trinajstić information content (AvgIpc) is 2.89. The molecule has 3 N–H and O–H groups in total. The van der Waals surface area contributed by atoms with Gasteiger partial charge in [0, 0.05) is 12.3 Å². The van der Waals surface area contributed by atoms with Crippen LogP contribution in [-0.4, -0.2) is 26.9 Å². The van der Waals surface area contributed by atoms with Crippen LogP contribution in [0.3, 0.4) is 0 Å². The van der Waals surface area contributed by atoms with Crippen LogP contribution in [0, 0.1) is 5.82 Å². The van der Waals surface area contributed by atoms with Gasteiger partial charge in [-0.15, -0.1) is 0 Å². The highest BCUT2D eigenvalue weighted by Crippen LogP contribution is 2.15. The van der Waals surface area contributed by atoms with Crippen molar-refractivity contribution < 1.29 is 24.2 Å². The zero-order chi connectivity index (χ0) is 15.4. The molecule has 0 fully saturated rings. The standard InChI is InChI=1S/C15H12FNO4/c16-11-3-1-9(2-4-11)7-10-5-6-17-14(10)12(18)8-13(19)15(20)21/h1-6,8,17,19H,7H2,(H,20,21). The average molecular weight is 289 g/mol. The Morgan fingerprint density at radius 3 is 2.43 bits per heavy atom. The number of H-pyrrole nitrogens is 1. The number of carboxylic acids is 1. The number of carbonyl (C=O) groups excluding carboxylic acids is 1. The van der Waals surface area contributed by atoms with Gasteiger partial charge in [0.05, 0.1) is 5.69 Å². The molecule has 0 radical (unpaired) electrons. The van der Waals surface area contributed by atoms with Gasteiger partial charge < -0.3 is 15.2 Å². The largest absolute Gasteiger partial charge is 0.502 e. The number of aliphatic hydroxyl groups excluding tert-OH is 1. The number of carbonyl (C=O) groups is 2. The summed E-state index contributed by atoms with van der Waals surface area (Å²) in [6, 6.07) is 7.50. The lowest BCUT2D eigenvalue weighted by atomic mass is 10.0. The number of aliphatic carboxylic acids is 1. The molecule has 21 heavy (non-hydrogen) atoms. The number of carboxylic acid groups (broad SMARTS) is 1. The minimum absolute atomic E-state index is 0.187. The molecular weight excluding hydrogens is 277 g/mol. The van der Waals surface area contributed by atoms with E-state index < -0.39 is 17.5 Å². The Bertz CT molecular complexity index is 701. The van der Waals surface area contributed by atoms with Crippen LogP contribution < -0.4 is 0 Å². The number of hydrogen-bond acceptors (Lipinski definition) is 3. The maximum Gasteiger partial charge on any atom is 0.371 e. The molecule has 0 aliphatic heterocycles. The molecule has 0 amide bonds. The number of rotatable bonds is 5. The molecule has 0 unspecified atom stereocenters. The number of aromatic amines is 1. The number of ketones is 1. The second-order valence-electron chi connectivity index (χ2n) is 4.38. The molecule has 2 aromatic rings. The zero-order valence-electron chi connectivity index (χ0n) is 10.8. The van der Waals surface area contributed by atoms with Gasteiger partial charge in [-0.05, 0) is 35.7 Å². The third-order valence-corrected chi connectivity index (χ3v) is 2.87. The fourth-order valence-electron chi connectivity index (χ4n) is 1.86. The first-order valence-electron chi connectivity index (χ1n) is 6.06. The van der Waals surface area contributed by atoms with E-state index in [9.17, 15) is 14.0 Å². The molecule has 2 rings (SSSR count). The fourth-order valence-corrected chi connectivity index (χ4v) is 1.86. The normalized spacial score (nSPS) is 11.4. The van der Waals surface area contributed by atoms with Gasteiger partial charge in [-0.3, -0.25) is 4.79 Å². The fraction of sp³-hybridized carbons (Fsp3) is 0.0667. The molecule has 0 spiro atoms. The zero-order valence-corrected chi connectivity index (χ0v) is 10.8. The minimum atomic E-state index is -1.57. The van der Waals surface area contributed by atoms with Crippen LogP contribution in [0.4, 0.5) is 4.39 Å². The van der Waals surface area contributed by atoms with Crippen molar-refractivity contribution >= 4 is 11.8 Å². The lowest BCUT2D eigenvalue weighted by Crippen LogP contribution is -2.06. The molecule has 108 valence electrons. The molecule has 0 saturated heterocycles. The first-order valence-corrected chi connectivity index (χ1v) is 6.06. The maximum absolute atomic E-state index is 12.8. The summed E-state index contributed by atoms with van der Waals surface area (Å²) in [5.74, 6) is -3.59. The molecule has 5 nitrogen and oxygen atoms in total. The second kappa shape index (κ2) is 6.04. The van der Waals surface area contributed by atoms with Crippen LogP contribution in [-0.2, 0) is 11.2 Å². The number of aromatic nitrogens is 1. The van der Waals surface area contributed by atoms with E-state index in [0.717, 1.165) is 5.56 Å². The first-order chi connectivity index (χ1) is 9.97. The van der Waals surface area contributed by atoms with E-state index in [-0.39, 0.29) is 11.5 Å². The van der Waals surface area contributed by atoms with Crippen molar-refractivity contribution in [3.8, 4) is 0 Å². The number of nitrogens with one attached hydrogen (secondary N) is 1. The van der Waals surface area contributed by atoms with E-state index >= 15 is 0 Å². The Balaban J connectivity index is 2.22. The number of halogens is 1. The van der Waals surface area contributed by atoms with E-state index in [2.05, 4.69) is 4.98 Å². The van der Waals surface area contributed by atoms with Gasteiger partial charge in [0.1, 0.15) is 5.82 Å². The molecule has 1 aromatic heterocycles. The van der Waals surface area contributed by atoms with Crippen molar-refractivity contribution in [3.05, 3.63) is 71.0 Å². The number of allylic oxidation sites excluding steroid dienone is 1. The molecule has 0 atom stereocenters. The van der Waals surface area contributed by atoms with Crippen molar-refractivity contribution in [1.29, 1.82) is 0 Å². The van der Waals surface area contributed by atoms with E-state index in [1.54, 1.807) is 18.2 Å². The predicted molar refractivity (Wildman–Crippen MR) is 72.7 cm³/mol. The summed E-state index contributed by atoms with van der Waals surface area (Å²) in [4.78, 5) is 25.1. The summed E-state index contributed by atoms with van der Waals surface area (Å²) in [5, 5.41) is 17.6. The van der Waals surface area contributed by atoms with Gasteiger partial charge in [-0.25, -0.2) is 9.18 Å². The van der Waals surface area contributed by atoms with Gasteiger partial charge >= 0.3 is 5.97 Å². The molecule has 1 heterocycles. The Labute approximate surface area is 119 Å². The maximum atomic E-state index is 12.8. The highest BCUT2D eigenvalue weighted by atomic mass is 19.1. The van der Waals surface area contributed by atoms with Gasteiger partial charge in [0.25, 0.3) is 0 Å². The molecular formula is C15H12FNO4. The van der Waals surface area contributed by atoms with Crippen molar-refractivity contribution in [2.24, 2.45) is 0 Å². The topological polar surface area (TPSA) is 90.4 Å². The van der Waals surface area contributed by atoms with Crippen molar-refractivity contribution in [1.82, 2.24) is 4.98 Å². The van der Waals surface area contributed by atoms with E-state index in [1.807, 2.05) is 0 Å². The van der Waals surface area contributed by atoms with Gasteiger partial charge in [0.2, 0.25) is 11.5 Å². The molecule has 1 aromatic carbocycles. The molecule has 0 saturated carbocycles. The van der Waals surface area contributed by atoms with Crippen LogP contribution in [0.1, 0.15) is 21.6 Å². The second-order valence-corrected chi connectivity index (χ2v) is 4.38. The Morgan fingerprint density at radius 1 is 1.14 bits per heavy atom. The van der Waals surface area contributed by atoms with E-state index in [1.165, 1.54) is 18.3 Å². The quantitative estimate of drug-likeness (QED) is 0.448. The summed E-state index contributed by atoms with van der Waals surface area (Å²) in [5.41, 5.74) is 1.62. The van der Waals surface area contributed by atoms with Crippen molar-refractivity contribution in [2.45, 2.75) is 6.42 Å². The summed E-state index contributed by atoms with van der Waals surface area (Å²) in [6.45, 7) is 0. The van der Waals surface area contributed by atoms with Gasteiger partial charge in [-0.2, -0.15) is 0 Å². The van der Waals surface area contributed by atoms with E-state index in [0.29, 0.717) is 18.1 Å². The highest BCUT2D eigenvalue weighted by molar-refractivity contribution is 6.07. The minimum Gasteiger partial charge on any atom is -0.502 e. The van der Waals surface area contributed by atoms with Gasteiger partial charge in [0.15, 0.2) is 0 Å². The van der Waals surface area contributed by atoms with Crippen LogP contribution >= 0.6 is 0 Å². The number of hydrogen-bond donors (Lipinski definition) is 3. The Kier molecular flexibility index (Phi) is 4.18. The Hall–Kier alpha value is -2.89. The summed E-state index contributed by atoms with van der Waals surface area (Å²) < 4.78 is 12.8. The predicted octanol–water partition coefficient (Wildman–Crippen LogP) is 2.45. The lowest BCUT2D eigenvalue weighted by molar-refractivity contribution is -0.135. The molecule has 0 aliphatic rings. The molecule has 0 aliphatic carbocycles. The Morgan fingerprint density at radius 2 is 1.81 bits per heavy atom. The highest BCUT2D eigenvalue weighted by Gasteiger charge is 2.14. The number of aliphatic hydroxyl groups is 1. The van der Waals surface area contributed by atoms with Crippen LogP contribution in [0.5, 0.6) is 0 Å². The first kappa shape index (κ1) is 14.5. The molecule has 0 bridgehead atoms. The van der Waals surface area contributed by atoms with Gasteiger partial charge in [-0.1, -0.05) is 12.1 Å². The third kappa shape index (κ3) is 3.56. The third-order valence-electron chi connectivity index (χ3n) is 2.87. The summed E-state index contributed by atoms with van der Waals surface area (Å²) >= 11 is 0. The van der Waals surface area contributed by atoms with Crippen molar-refractivity contribution in [2.75, 3.05) is 0 Å². The van der Waals surface area contributed by atoms with Crippen LogP contribution in [0.15, 0.2) is 48.4 Å². The lowest BCUT2D eigenvalue weighted by Gasteiger charge is -2.02. The van der Waals surface area contributed by atoms with Crippen LogP contribution in [0.25, 0.3) is 0 Å². The molecule has 6 heteroatoms. The smallest absolute Gasteiger partial charge is 0.371 e. The van der Waals surface area contributed by atoms with Crippen LogP contribution in [0.2, 0.25) is 0 Å². The summed E-state index contributed by atoms with van der Waals surface area (Å²) in [7, 11) is 0. The monoisotopic (exact) mass is 289 g/mol. The SMILES string of the molecule is O=C(O)C(O)=CC(=O)c1[nH]ccc1Cc1ccc(F)cc1.